The maximum atomic E-state index is 12.9. The number of anilines is 2. The predicted octanol–water partition coefficient (Wildman–Crippen LogP) is 4.81. The largest absolute Gasteiger partial charge is 0.365 e. The molecule has 1 saturated heterocycles. The molecule has 0 unspecified atom stereocenters. The number of benzene rings is 2. The Morgan fingerprint density at radius 1 is 1.15 bits per heavy atom. The highest BCUT2D eigenvalue weighted by Gasteiger charge is 2.35. The van der Waals surface area contributed by atoms with Crippen molar-refractivity contribution in [1.29, 1.82) is 0 Å². The first-order valence-corrected chi connectivity index (χ1v) is 11.3. The summed E-state index contributed by atoms with van der Waals surface area (Å²) in [5, 5.41) is 5.80. The minimum absolute atomic E-state index is 0.105. The van der Waals surface area contributed by atoms with Gasteiger partial charge in [-0.3, -0.25) is 9.59 Å². The molecular formula is C26H27ClN4O3. The summed E-state index contributed by atoms with van der Waals surface area (Å²) in [6.07, 6.45) is 3.88. The highest BCUT2D eigenvalue weighted by Crippen LogP contribution is 2.39. The zero-order chi connectivity index (χ0) is 24.8. The summed E-state index contributed by atoms with van der Waals surface area (Å²) in [7, 11) is 2.06. The standard InChI is InChI=1S/C26H27ClN4O3/c1-15-10-22-20(16(2)13-26(3,4)30(22)5)11-17(15)12-21-24(33)31(25(34)29-21)14-23(32)28-19-8-6-18(27)7-9-19/h6-13H,14H2,1-5H3,(H,28,32)(H,29,34)/b21-12+. The summed E-state index contributed by atoms with van der Waals surface area (Å²) in [5.41, 5.74) is 5.71. The number of allylic oxidation sites excluding steroid dienone is 1. The number of hydrogen-bond donors (Lipinski definition) is 2. The van der Waals surface area contributed by atoms with Gasteiger partial charge in [0, 0.05) is 29.0 Å². The molecule has 2 aliphatic heterocycles. The quantitative estimate of drug-likeness (QED) is 0.488. The van der Waals surface area contributed by atoms with Gasteiger partial charge in [0.05, 0.1) is 5.54 Å². The second-order valence-electron chi connectivity index (χ2n) is 9.20. The molecule has 2 heterocycles. The van der Waals surface area contributed by atoms with E-state index in [-0.39, 0.29) is 11.2 Å². The first kappa shape index (κ1) is 23.6. The van der Waals surface area contributed by atoms with E-state index in [4.69, 9.17) is 11.6 Å². The van der Waals surface area contributed by atoms with Crippen molar-refractivity contribution >= 4 is 52.5 Å². The van der Waals surface area contributed by atoms with Gasteiger partial charge in [0.15, 0.2) is 0 Å². The van der Waals surface area contributed by atoms with Crippen LogP contribution in [0.3, 0.4) is 0 Å². The monoisotopic (exact) mass is 478 g/mol. The van der Waals surface area contributed by atoms with Crippen molar-refractivity contribution in [2.75, 3.05) is 23.8 Å². The highest BCUT2D eigenvalue weighted by molar-refractivity contribution is 6.30. The first-order valence-electron chi connectivity index (χ1n) is 10.9. The number of amides is 4. The van der Waals surface area contributed by atoms with Crippen LogP contribution in [0.2, 0.25) is 5.02 Å². The molecule has 176 valence electrons. The van der Waals surface area contributed by atoms with Crippen LogP contribution in [0.5, 0.6) is 0 Å². The minimum atomic E-state index is -0.629. The smallest absolute Gasteiger partial charge is 0.329 e. The van der Waals surface area contributed by atoms with Crippen LogP contribution in [0.4, 0.5) is 16.2 Å². The van der Waals surface area contributed by atoms with Gasteiger partial charge in [0.1, 0.15) is 12.2 Å². The Balaban J connectivity index is 1.55. The fraction of sp³-hybridized carbons (Fsp3) is 0.269. The van der Waals surface area contributed by atoms with Crippen molar-refractivity contribution in [2.24, 2.45) is 0 Å². The number of carbonyl (C=O) groups is 3. The van der Waals surface area contributed by atoms with Crippen molar-refractivity contribution in [1.82, 2.24) is 10.2 Å². The Bertz CT molecular complexity index is 1260. The molecule has 7 nitrogen and oxygen atoms in total. The van der Waals surface area contributed by atoms with E-state index in [1.807, 2.05) is 13.0 Å². The molecule has 0 spiro atoms. The average molecular weight is 479 g/mol. The molecule has 0 atom stereocenters. The third-order valence-corrected chi connectivity index (χ3v) is 6.55. The van der Waals surface area contributed by atoms with Gasteiger partial charge in [0.2, 0.25) is 5.91 Å². The Labute approximate surface area is 204 Å². The van der Waals surface area contributed by atoms with Gasteiger partial charge in [-0.2, -0.15) is 0 Å². The fourth-order valence-electron chi connectivity index (χ4n) is 4.22. The molecule has 2 N–H and O–H groups in total. The molecule has 8 heteroatoms. The Kier molecular flexibility index (Phi) is 6.00. The Hall–Kier alpha value is -3.58. The van der Waals surface area contributed by atoms with Gasteiger partial charge in [-0.05, 0) is 86.9 Å². The molecule has 0 aliphatic carbocycles. The van der Waals surface area contributed by atoms with Gasteiger partial charge in [0.25, 0.3) is 5.91 Å². The average Bonchev–Trinajstić information content (AvgIpc) is 3.02. The number of imide groups is 1. The zero-order valence-electron chi connectivity index (χ0n) is 19.8. The second kappa shape index (κ2) is 8.65. The molecule has 0 aromatic heterocycles. The van der Waals surface area contributed by atoms with Crippen LogP contribution < -0.4 is 15.5 Å². The lowest BCUT2D eigenvalue weighted by atomic mass is 9.87. The van der Waals surface area contributed by atoms with Crippen LogP contribution in [0.25, 0.3) is 11.6 Å². The van der Waals surface area contributed by atoms with E-state index in [9.17, 15) is 14.4 Å². The van der Waals surface area contributed by atoms with Crippen molar-refractivity contribution in [2.45, 2.75) is 33.2 Å². The summed E-state index contributed by atoms with van der Waals surface area (Å²) in [4.78, 5) is 40.9. The fourth-order valence-corrected chi connectivity index (χ4v) is 4.35. The molecule has 4 amide bonds. The molecule has 2 aromatic rings. The summed E-state index contributed by atoms with van der Waals surface area (Å²) in [6.45, 7) is 7.97. The molecule has 0 saturated carbocycles. The van der Waals surface area contributed by atoms with E-state index in [0.717, 1.165) is 32.9 Å². The number of nitrogens with zero attached hydrogens (tertiary/aromatic N) is 2. The second-order valence-corrected chi connectivity index (χ2v) is 9.64. The first-order chi connectivity index (χ1) is 16.0. The zero-order valence-corrected chi connectivity index (χ0v) is 20.6. The van der Waals surface area contributed by atoms with Crippen LogP contribution in [0, 0.1) is 6.92 Å². The summed E-state index contributed by atoms with van der Waals surface area (Å²) in [6, 6.07) is 10.1. The molecule has 2 aromatic carbocycles. The van der Waals surface area contributed by atoms with E-state index < -0.39 is 24.4 Å². The van der Waals surface area contributed by atoms with E-state index >= 15 is 0 Å². The van der Waals surface area contributed by atoms with Crippen LogP contribution in [0.1, 0.15) is 37.5 Å². The molecule has 0 bridgehead atoms. The lowest BCUT2D eigenvalue weighted by molar-refractivity contribution is -0.127. The Morgan fingerprint density at radius 2 is 1.82 bits per heavy atom. The number of aryl methyl sites for hydroxylation is 1. The van der Waals surface area contributed by atoms with Gasteiger partial charge in [-0.1, -0.05) is 17.7 Å². The number of urea groups is 1. The number of carbonyl (C=O) groups excluding carboxylic acids is 3. The van der Waals surface area contributed by atoms with Crippen molar-refractivity contribution in [3.63, 3.8) is 0 Å². The number of nitrogens with one attached hydrogen (secondary N) is 2. The lowest BCUT2D eigenvalue weighted by Gasteiger charge is -2.41. The van der Waals surface area contributed by atoms with Crippen LogP contribution in [-0.4, -0.2) is 41.9 Å². The van der Waals surface area contributed by atoms with Gasteiger partial charge in [-0.25, -0.2) is 9.69 Å². The SMILES string of the molecule is CC1=CC(C)(C)N(C)c2cc(C)c(/C=C3/NC(=O)N(CC(=O)Nc4ccc(Cl)cc4)C3=O)cc21. The molecule has 1 fully saturated rings. The van der Waals surface area contributed by atoms with Crippen molar-refractivity contribution in [3.05, 3.63) is 69.9 Å². The van der Waals surface area contributed by atoms with Crippen molar-refractivity contribution in [3.8, 4) is 0 Å². The van der Waals surface area contributed by atoms with E-state index in [1.165, 1.54) is 0 Å². The minimum Gasteiger partial charge on any atom is -0.365 e. The van der Waals surface area contributed by atoms with Gasteiger partial charge in [-0.15, -0.1) is 0 Å². The summed E-state index contributed by atoms with van der Waals surface area (Å²) in [5.74, 6) is -1.03. The van der Waals surface area contributed by atoms with Gasteiger partial charge < -0.3 is 15.5 Å². The maximum Gasteiger partial charge on any atom is 0.329 e. The van der Waals surface area contributed by atoms with Gasteiger partial charge >= 0.3 is 6.03 Å². The lowest BCUT2D eigenvalue weighted by Crippen LogP contribution is -2.42. The maximum absolute atomic E-state index is 12.9. The van der Waals surface area contributed by atoms with Crippen LogP contribution in [-0.2, 0) is 9.59 Å². The summed E-state index contributed by atoms with van der Waals surface area (Å²) < 4.78 is 0. The molecule has 4 rings (SSSR count). The van der Waals surface area contributed by atoms with E-state index in [0.29, 0.717) is 10.7 Å². The highest BCUT2D eigenvalue weighted by atomic mass is 35.5. The van der Waals surface area contributed by atoms with E-state index in [1.54, 1.807) is 30.3 Å². The van der Waals surface area contributed by atoms with E-state index in [2.05, 4.69) is 55.5 Å². The summed E-state index contributed by atoms with van der Waals surface area (Å²) >= 11 is 5.85. The molecule has 2 aliphatic rings. The number of rotatable bonds is 4. The third kappa shape index (κ3) is 4.43. The van der Waals surface area contributed by atoms with Crippen LogP contribution in [0.15, 0.2) is 48.2 Å². The topological polar surface area (TPSA) is 81.8 Å². The molecular weight excluding hydrogens is 452 g/mol. The van der Waals surface area contributed by atoms with Crippen molar-refractivity contribution < 1.29 is 14.4 Å². The number of likely N-dealkylation sites (N-methyl/N-ethyl adjacent to an activating group) is 1. The Morgan fingerprint density at radius 3 is 2.50 bits per heavy atom. The third-order valence-electron chi connectivity index (χ3n) is 6.30. The van der Waals surface area contributed by atoms with Crippen LogP contribution >= 0.6 is 11.6 Å². The predicted molar refractivity (Wildman–Crippen MR) is 136 cm³/mol. The number of hydrogen-bond acceptors (Lipinski definition) is 4. The molecule has 0 radical (unpaired) electrons. The number of halogens is 1. The molecule has 34 heavy (non-hydrogen) atoms. The normalized spacial score (nSPS) is 18.1. The number of fused-ring (bicyclic) bond motifs is 1.